The van der Waals surface area contributed by atoms with E-state index in [1.807, 2.05) is 48.5 Å². The Kier molecular flexibility index (Phi) is 7.92. The third-order valence-corrected chi connectivity index (χ3v) is 6.77. The number of nitrogens with zero attached hydrogens (tertiary/aromatic N) is 2. The van der Waals surface area contributed by atoms with Crippen molar-refractivity contribution in [3.05, 3.63) is 89.0 Å². The van der Waals surface area contributed by atoms with Crippen molar-refractivity contribution in [3.63, 3.8) is 0 Å². The number of carbonyl (C=O) groups is 3. The number of likely N-dealkylation sites (N-methyl/N-ethyl adjacent to an activating group) is 1. The highest BCUT2D eigenvalue weighted by atomic mass is 16.2. The number of aryl methyl sites for hydroxylation is 2. The topological polar surface area (TPSA) is 95.7 Å². The molecule has 1 atom stereocenters. The summed E-state index contributed by atoms with van der Waals surface area (Å²) in [4.78, 5) is 41.3. The van der Waals surface area contributed by atoms with Gasteiger partial charge in [0.1, 0.15) is 19.1 Å². The molecule has 7 heteroatoms. The van der Waals surface area contributed by atoms with E-state index in [1.165, 1.54) is 20.9 Å². The maximum atomic E-state index is 13.3. The summed E-state index contributed by atoms with van der Waals surface area (Å²) in [5.41, 5.74) is 13.1. The highest BCUT2D eigenvalue weighted by Gasteiger charge is 2.37. The van der Waals surface area contributed by atoms with E-state index >= 15 is 0 Å². The smallest absolute Gasteiger partial charge is 0.246 e. The van der Waals surface area contributed by atoms with Crippen molar-refractivity contribution < 1.29 is 14.4 Å². The van der Waals surface area contributed by atoms with Gasteiger partial charge < -0.3 is 20.9 Å². The molecule has 0 aromatic heterocycles. The summed E-state index contributed by atoms with van der Waals surface area (Å²) in [5, 5.41) is 2.84. The zero-order chi connectivity index (χ0) is 26.5. The average Bonchev–Trinajstić information content (AvgIpc) is 2.86. The number of anilines is 1. The van der Waals surface area contributed by atoms with Gasteiger partial charge in [-0.05, 0) is 54.7 Å². The molecule has 1 fully saturated rings. The van der Waals surface area contributed by atoms with Gasteiger partial charge in [0.15, 0.2) is 0 Å². The molecule has 0 saturated carbocycles. The second-order valence-electron chi connectivity index (χ2n) is 9.83. The third-order valence-electron chi connectivity index (χ3n) is 6.77. The first-order valence-corrected chi connectivity index (χ1v) is 12.5. The molecule has 0 spiro atoms. The maximum Gasteiger partial charge on any atom is 0.246 e. The number of nitrogens with one attached hydrogen (secondary N) is 1. The van der Waals surface area contributed by atoms with Crippen molar-refractivity contribution in [2.24, 2.45) is 0 Å². The Labute approximate surface area is 218 Å². The van der Waals surface area contributed by atoms with Crippen LogP contribution in [0.25, 0.3) is 11.1 Å². The summed E-state index contributed by atoms with van der Waals surface area (Å²) < 4.78 is 0. The van der Waals surface area contributed by atoms with Crippen LogP contribution in [-0.2, 0) is 27.2 Å². The molecule has 1 heterocycles. The lowest BCUT2D eigenvalue weighted by molar-refractivity contribution is -0.155. The highest BCUT2D eigenvalue weighted by molar-refractivity contribution is 5.97. The van der Waals surface area contributed by atoms with Crippen LogP contribution in [-0.4, -0.2) is 60.2 Å². The van der Waals surface area contributed by atoms with Gasteiger partial charge in [0.2, 0.25) is 17.7 Å². The Morgan fingerprint density at radius 2 is 1.54 bits per heavy atom. The minimum atomic E-state index is -0.643. The van der Waals surface area contributed by atoms with Crippen molar-refractivity contribution in [2.45, 2.75) is 32.7 Å². The fraction of sp³-hybridized carbons (Fsp3) is 0.300. The molecule has 1 aliphatic rings. The van der Waals surface area contributed by atoms with Crippen LogP contribution in [0, 0.1) is 13.8 Å². The summed E-state index contributed by atoms with van der Waals surface area (Å²) in [6, 6.07) is 21.4. The molecular formula is C30H34N4O3. The van der Waals surface area contributed by atoms with Crippen LogP contribution >= 0.6 is 0 Å². The number of hydrogen-bond acceptors (Lipinski definition) is 4. The zero-order valence-electron chi connectivity index (χ0n) is 21.7. The normalized spacial score (nSPS) is 15.7. The Balaban J connectivity index is 1.36. The van der Waals surface area contributed by atoms with Crippen LogP contribution in [0.15, 0.2) is 66.7 Å². The second-order valence-corrected chi connectivity index (χ2v) is 9.83. The SMILES string of the molecule is Cc1cc(C)cc(-c2ccc(CC3C(=O)N(CC(=O)NCCc4ccc(N)cc4)CC(=O)N3C)cc2)c1. The monoisotopic (exact) mass is 498 g/mol. The van der Waals surface area contributed by atoms with Crippen LogP contribution in [0.2, 0.25) is 0 Å². The van der Waals surface area contributed by atoms with E-state index in [-0.39, 0.29) is 30.8 Å². The number of rotatable bonds is 8. The fourth-order valence-corrected chi connectivity index (χ4v) is 4.72. The van der Waals surface area contributed by atoms with Gasteiger partial charge >= 0.3 is 0 Å². The molecule has 1 aliphatic heterocycles. The summed E-state index contributed by atoms with van der Waals surface area (Å²) in [7, 11) is 1.65. The molecule has 0 bridgehead atoms. The first-order valence-electron chi connectivity index (χ1n) is 12.5. The van der Waals surface area contributed by atoms with E-state index < -0.39 is 6.04 Å². The van der Waals surface area contributed by atoms with E-state index in [0.29, 0.717) is 25.1 Å². The van der Waals surface area contributed by atoms with Gasteiger partial charge in [0.25, 0.3) is 0 Å². The fourth-order valence-electron chi connectivity index (χ4n) is 4.72. The van der Waals surface area contributed by atoms with Crippen molar-refractivity contribution >= 4 is 23.4 Å². The van der Waals surface area contributed by atoms with Crippen LogP contribution in [0.5, 0.6) is 0 Å². The molecule has 3 amide bonds. The molecule has 1 saturated heterocycles. The molecule has 192 valence electrons. The maximum absolute atomic E-state index is 13.3. The minimum Gasteiger partial charge on any atom is -0.399 e. The van der Waals surface area contributed by atoms with Crippen LogP contribution < -0.4 is 11.1 Å². The zero-order valence-corrected chi connectivity index (χ0v) is 21.7. The Hall–Kier alpha value is -4.13. The second kappa shape index (κ2) is 11.3. The first kappa shape index (κ1) is 25.9. The summed E-state index contributed by atoms with van der Waals surface area (Å²) >= 11 is 0. The summed E-state index contributed by atoms with van der Waals surface area (Å²) in [6.07, 6.45) is 1.05. The number of nitrogen functional groups attached to an aromatic ring is 1. The van der Waals surface area contributed by atoms with Crippen LogP contribution in [0.1, 0.15) is 22.3 Å². The molecule has 1 unspecified atom stereocenters. The molecule has 0 aliphatic carbocycles. The number of benzene rings is 3. The van der Waals surface area contributed by atoms with E-state index in [9.17, 15) is 14.4 Å². The van der Waals surface area contributed by atoms with E-state index in [0.717, 1.165) is 22.3 Å². The average molecular weight is 499 g/mol. The third kappa shape index (κ3) is 6.55. The first-order chi connectivity index (χ1) is 17.7. The van der Waals surface area contributed by atoms with Crippen LogP contribution in [0.4, 0.5) is 5.69 Å². The van der Waals surface area contributed by atoms with Crippen molar-refractivity contribution in [2.75, 3.05) is 32.4 Å². The lowest BCUT2D eigenvalue weighted by Gasteiger charge is -2.38. The molecule has 3 aromatic carbocycles. The van der Waals surface area contributed by atoms with Gasteiger partial charge in [0, 0.05) is 25.7 Å². The number of hydrogen-bond donors (Lipinski definition) is 2. The Morgan fingerprint density at radius 3 is 2.19 bits per heavy atom. The summed E-state index contributed by atoms with van der Waals surface area (Å²) in [6.45, 7) is 4.37. The van der Waals surface area contributed by atoms with Gasteiger partial charge in [-0.3, -0.25) is 14.4 Å². The molecular weight excluding hydrogens is 464 g/mol. The quantitative estimate of drug-likeness (QED) is 0.467. The van der Waals surface area contributed by atoms with Crippen LogP contribution in [0.3, 0.4) is 0 Å². The molecule has 3 aromatic rings. The molecule has 0 radical (unpaired) electrons. The molecule has 3 N–H and O–H groups in total. The lowest BCUT2D eigenvalue weighted by Crippen LogP contribution is -2.60. The Morgan fingerprint density at radius 1 is 0.919 bits per heavy atom. The van der Waals surface area contributed by atoms with Crippen molar-refractivity contribution in [3.8, 4) is 11.1 Å². The van der Waals surface area contributed by atoms with E-state index in [1.54, 1.807) is 7.05 Å². The molecule has 4 rings (SSSR count). The lowest BCUT2D eigenvalue weighted by atomic mass is 9.97. The van der Waals surface area contributed by atoms with Gasteiger partial charge in [-0.15, -0.1) is 0 Å². The molecule has 37 heavy (non-hydrogen) atoms. The van der Waals surface area contributed by atoms with Gasteiger partial charge in [-0.2, -0.15) is 0 Å². The number of carbonyl (C=O) groups excluding carboxylic acids is 3. The summed E-state index contributed by atoms with van der Waals surface area (Å²) in [5.74, 6) is -0.669. The van der Waals surface area contributed by atoms with Crippen molar-refractivity contribution in [1.29, 1.82) is 0 Å². The highest BCUT2D eigenvalue weighted by Crippen LogP contribution is 2.24. The van der Waals surface area contributed by atoms with E-state index in [2.05, 4.69) is 37.4 Å². The largest absolute Gasteiger partial charge is 0.399 e. The van der Waals surface area contributed by atoms with Gasteiger partial charge in [-0.1, -0.05) is 65.7 Å². The number of amides is 3. The predicted octanol–water partition coefficient (Wildman–Crippen LogP) is 3.12. The number of nitrogens with two attached hydrogens (primary N) is 1. The standard InChI is InChI=1S/C30H34N4O3/c1-20-14-21(2)16-25(15-20)24-8-4-23(5-9-24)17-27-30(37)34(19-29(36)33(27)3)18-28(35)32-13-12-22-6-10-26(31)11-7-22/h4-11,14-16,27H,12-13,17-19,31H2,1-3H3,(H,32,35). The predicted molar refractivity (Wildman–Crippen MR) is 146 cm³/mol. The molecule has 7 nitrogen and oxygen atoms in total. The minimum absolute atomic E-state index is 0.0944. The number of piperazine rings is 1. The van der Waals surface area contributed by atoms with Crippen molar-refractivity contribution in [1.82, 2.24) is 15.1 Å². The Bertz CT molecular complexity index is 1260. The van der Waals surface area contributed by atoms with Gasteiger partial charge in [-0.25, -0.2) is 0 Å². The van der Waals surface area contributed by atoms with E-state index in [4.69, 9.17) is 5.73 Å². The van der Waals surface area contributed by atoms with Gasteiger partial charge in [0.05, 0.1) is 0 Å².